The van der Waals surface area contributed by atoms with Crippen LogP contribution in [0.5, 0.6) is 0 Å². The zero-order valence-electron chi connectivity index (χ0n) is 13.0. The van der Waals surface area contributed by atoms with Gasteiger partial charge >= 0.3 is 0 Å². The molecular weight excluding hydrogens is 313 g/mol. The number of hydrogen-bond acceptors (Lipinski definition) is 4. The average molecular weight is 342 g/mol. The lowest BCUT2D eigenvalue weighted by molar-refractivity contribution is -0.137. The first-order chi connectivity index (χ1) is 8.97. The third kappa shape index (κ3) is 6.28. The van der Waals surface area contributed by atoms with E-state index in [0.717, 1.165) is 52.4 Å². The van der Waals surface area contributed by atoms with Gasteiger partial charge in [0.25, 0.3) is 0 Å². The Bertz CT molecular complexity index is 318. The van der Waals surface area contributed by atoms with Crippen LogP contribution >= 0.6 is 24.8 Å². The van der Waals surface area contributed by atoms with E-state index in [2.05, 4.69) is 4.90 Å². The molecule has 2 rings (SSSR count). The minimum atomic E-state index is -0.749. The predicted octanol–water partition coefficient (Wildman–Crippen LogP) is 1.14. The Morgan fingerprint density at radius 1 is 1.24 bits per heavy atom. The van der Waals surface area contributed by atoms with Crippen LogP contribution in [0.25, 0.3) is 0 Å². The normalized spacial score (nSPS) is 24.0. The minimum Gasteiger partial charge on any atom is -0.379 e. The van der Waals surface area contributed by atoms with Crippen LogP contribution in [-0.4, -0.2) is 67.2 Å². The smallest absolute Gasteiger partial charge is 0.242 e. The van der Waals surface area contributed by atoms with Crippen molar-refractivity contribution < 1.29 is 9.53 Å². The Balaban J connectivity index is 0.00000200. The van der Waals surface area contributed by atoms with Crippen molar-refractivity contribution in [1.29, 1.82) is 0 Å². The second-order valence-corrected chi connectivity index (χ2v) is 6.39. The summed E-state index contributed by atoms with van der Waals surface area (Å²) in [4.78, 5) is 16.6. The van der Waals surface area contributed by atoms with E-state index in [1.54, 1.807) is 13.8 Å². The molecule has 2 aliphatic rings. The summed E-state index contributed by atoms with van der Waals surface area (Å²) in [6, 6.07) is 0. The summed E-state index contributed by atoms with van der Waals surface area (Å²) in [7, 11) is 0. The fourth-order valence-corrected chi connectivity index (χ4v) is 2.95. The van der Waals surface area contributed by atoms with Gasteiger partial charge in [-0.2, -0.15) is 0 Å². The van der Waals surface area contributed by atoms with Crippen molar-refractivity contribution in [3.05, 3.63) is 0 Å². The number of halogens is 2. The van der Waals surface area contributed by atoms with Crippen LogP contribution in [0.4, 0.5) is 0 Å². The lowest BCUT2D eigenvalue weighted by Gasteiger charge is -2.38. The topological polar surface area (TPSA) is 58.8 Å². The maximum atomic E-state index is 12.2. The van der Waals surface area contributed by atoms with Gasteiger partial charge in [0, 0.05) is 32.7 Å². The Labute approximate surface area is 140 Å². The maximum absolute atomic E-state index is 12.2. The Morgan fingerprint density at radius 2 is 1.86 bits per heavy atom. The summed E-state index contributed by atoms with van der Waals surface area (Å²) >= 11 is 0. The largest absolute Gasteiger partial charge is 0.379 e. The highest BCUT2D eigenvalue weighted by molar-refractivity contribution is 5.86. The van der Waals surface area contributed by atoms with Crippen molar-refractivity contribution in [2.24, 2.45) is 11.7 Å². The molecule has 0 spiro atoms. The van der Waals surface area contributed by atoms with Crippen LogP contribution in [0.15, 0.2) is 0 Å². The number of amides is 1. The third-order valence-electron chi connectivity index (χ3n) is 3.98. The third-order valence-corrected chi connectivity index (χ3v) is 3.98. The number of piperidine rings is 1. The molecule has 2 aliphatic heterocycles. The van der Waals surface area contributed by atoms with E-state index >= 15 is 0 Å². The van der Waals surface area contributed by atoms with Gasteiger partial charge in [-0.05, 0) is 32.6 Å². The van der Waals surface area contributed by atoms with Crippen molar-refractivity contribution in [3.63, 3.8) is 0 Å². The number of hydrogen-bond donors (Lipinski definition) is 1. The molecule has 5 nitrogen and oxygen atoms in total. The second kappa shape index (κ2) is 9.16. The molecule has 0 aromatic carbocycles. The minimum absolute atomic E-state index is 0. The summed E-state index contributed by atoms with van der Waals surface area (Å²) < 4.78 is 5.37. The molecule has 0 bridgehead atoms. The number of nitrogens with two attached hydrogens (primary N) is 1. The lowest BCUT2D eigenvalue weighted by atomic mass is 9.95. The molecule has 0 aliphatic carbocycles. The Hall–Kier alpha value is -0.0700. The molecule has 0 radical (unpaired) electrons. The molecule has 2 N–H and O–H groups in total. The molecular formula is C14H29Cl2N3O2. The lowest BCUT2D eigenvalue weighted by Crippen LogP contribution is -2.54. The molecule has 2 saturated heterocycles. The van der Waals surface area contributed by atoms with Gasteiger partial charge < -0.3 is 15.4 Å². The van der Waals surface area contributed by atoms with E-state index in [9.17, 15) is 4.79 Å². The van der Waals surface area contributed by atoms with Gasteiger partial charge in [0.1, 0.15) is 0 Å². The zero-order valence-corrected chi connectivity index (χ0v) is 14.7. The van der Waals surface area contributed by atoms with Gasteiger partial charge in [-0.15, -0.1) is 24.8 Å². The van der Waals surface area contributed by atoms with Crippen LogP contribution in [0, 0.1) is 5.92 Å². The quantitative estimate of drug-likeness (QED) is 0.836. The highest BCUT2D eigenvalue weighted by Gasteiger charge is 2.32. The Morgan fingerprint density at radius 3 is 2.43 bits per heavy atom. The second-order valence-electron chi connectivity index (χ2n) is 6.39. The molecule has 1 unspecified atom stereocenters. The monoisotopic (exact) mass is 341 g/mol. The molecule has 0 saturated carbocycles. The number of morpholine rings is 1. The number of ether oxygens (including phenoxy) is 1. The average Bonchev–Trinajstić information content (AvgIpc) is 2.38. The number of nitrogens with zero attached hydrogens (tertiary/aromatic N) is 2. The number of likely N-dealkylation sites (tertiary alicyclic amines) is 1. The predicted molar refractivity (Wildman–Crippen MR) is 89.3 cm³/mol. The highest BCUT2D eigenvalue weighted by atomic mass is 35.5. The number of carbonyl (C=O) groups excluding carboxylic acids is 1. The molecule has 2 fully saturated rings. The standard InChI is InChI=1S/C14H27N3O2.2ClH/c1-14(2,15)13(18)17-5-3-4-12(11-17)10-16-6-8-19-9-7-16;;/h12H,3-11,15H2,1-2H3;2*1H. The van der Waals surface area contributed by atoms with Crippen molar-refractivity contribution in [1.82, 2.24) is 9.80 Å². The van der Waals surface area contributed by atoms with E-state index in [4.69, 9.17) is 10.5 Å². The summed E-state index contributed by atoms with van der Waals surface area (Å²) in [6.45, 7) is 10.1. The molecule has 0 aromatic heterocycles. The summed E-state index contributed by atoms with van der Waals surface area (Å²) in [5.74, 6) is 0.664. The molecule has 0 aromatic rings. The Kier molecular flexibility index (Phi) is 9.12. The summed E-state index contributed by atoms with van der Waals surface area (Å²) in [6.07, 6.45) is 2.31. The first-order valence-electron chi connectivity index (χ1n) is 7.35. The van der Waals surface area contributed by atoms with Gasteiger partial charge in [-0.25, -0.2) is 0 Å². The first kappa shape index (κ1) is 20.9. The number of carbonyl (C=O) groups is 1. The van der Waals surface area contributed by atoms with E-state index in [0.29, 0.717) is 5.92 Å². The van der Waals surface area contributed by atoms with Gasteiger partial charge in [0.05, 0.1) is 18.8 Å². The zero-order chi connectivity index (χ0) is 13.9. The molecule has 1 amide bonds. The van der Waals surface area contributed by atoms with Crippen molar-refractivity contribution >= 4 is 30.7 Å². The summed E-state index contributed by atoms with van der Waals surface area (Å²) in [5, 5.41) is 0. The van der Waals surface area contributed by atoms with Crippen molar-refractivity contribution in [2.75, 3.05) is 45.9 Å². The van der Waals surface area contributed by atoms with Gasteiger partial charge in [-0.1, -0.05) is 0 Å². The molecule has 7 heteroatoms. The van der Waals surface area contributed by atoms with Gasteiger partial charge in [-0.3, -0.25) is 9.69 Å². The molecule has 2 heterocycles. The fraction of sp³-hybridized carbons (Fsp3) is 0.929. The fourth-order valence-electron chi connectivity index (χ4n) is 2.95. The van der Waals surface area contributed by atoms with E-state index in [1.165, 1.54) is 6.42 Å². The molecule has 1 atom stereocenters. The SMILES string of the molecule is CC(C)(N)C(=O)N1CCCC(CN2CCOCC2)C1.Cl.Cl. The van der Waals surface area contributed by atoms with Crippen LogP contribution in [-0.2, 0) is 9.53 Å². The molecule has 21 heavy (non-hydrogen) atoms. The highest BCUT2D eigenvalue weighted by Crippen LogP contribution is 2.20. The number of rotatable bonds is 3. The van der Waals surface area contributed by atoms with E-state index in [1.807, 2.05) is 4.90 Å². The van der Waals surface area contributed by atoms with Crippen LogP contribution in [0.1, 0.15) is 26.7 Å². The van der Waals surface area contributed by atoms with E-state index in [-0.39, 0.29) is 30.7 Å². The maximum Gasteiger partial charge on any atom is 0.242 e. The first-order valence-corrected chi connectivity index (χ1v) is 7.35. The summed E-state index contributed by atoms with van der Waals surface area (Å²) in [5.41, 5.74) is 5.17. The van der Waals surface area contributed by atoms with Crippen LogP contribution in [0.3, 0.4) is 0 Å². The van der Waals surface area contributed by atoms with Crippen molar-refractivity contribution in [3.8, 4) is 0 Å². The van der Waals surface area contributed by atoms with E-state index < -0.39 is 5.54 Å². The van der Waals surface area contributed by atoms with Gasteiger partial charge in [0.2, 0.25) is 5.91 Å². The van der Waals surface area contributed by atoms with Crippen molar-refractivity contribution in [2.45, 2.75) is 32.2 Å². The molecule has 126 valence electrons. The van der Waals surface area contributed by atoms with Gasteiger partial charge in [0.15, 0.2) is 0 Å². The van der Waals surface area contributed by atoms with Crippen LogP contribution in [0.2, 0.25) is 0 Å². The van der Waals surface area contributed by atoms with Crippen LogP contribution < -0.4 is 5.73 Å².